The number of anilines is 2. The first-order valence-electron chi connectivity index (χ1n) is 5.82. The molecule has 18 heavy (non-hydrogen) atoms. The van der Waals surface area contributed by atoms with Crippen molar-refractivity contribution in [1.29, 1.82) is 0 Å². The van der Waals surface area contributed by atoms with Crippen molar-refractivity contribution in [2.75, 3.05) is 10.5 Å². The first-order valence-corrected chi connectivity index (χ1v) is 6.64. The Labute approximate surface area is 112 Å². The summed E-state index contributed by atoms with van der Waals surface area (Å²) in [4.78, 5) is 9.36. The van der Waals surface area contributed by atoms with Gasteiger partial charge >= 0.3 is 0 Å². The molecule has 0 amide bonds. The maximum Gasteiger partial charge on any atom is 0.139 e. The minimum absolute atomic E-state index is 0.753. The molecule has 0 aliphatic carbocycles. The van der Waals surface area contributed by atoms with Crippen molar-refractivity contribution in [1.82, 2.24) is 9.97 Å². The highest BCUT2D eigenvalue weighted by Crippen LogP contribution is 2.20. The van der Waals surface area contributed by atoms with E-state index in [1.165, 1.54) is 11.9 Å². The highest BCUT2D eigenvalue weighted by molar-refractivity contribution is 8.00. The zero-order valence-electron chi connectivity index (χ0n) is 10.8. The largest absolute Gasteiger partial charge is 0.399 e. The smallest absolute Gasteiger partial charge is 0.139 e. The van der Waals surface area contributed by atoms with Gasteiger partial charge in [0.05, 0.1) is 0 Å². The highest BCUT2D eigenvalue weighted by atomic mass is 32.2. The molecule has 1 aromatic carbocycles. The molecule has 0 aliphatic rings. The summed E-state index contributed by atoms with van der Waals surface area (Å²) in [5.41, 5.74) is 6.37. The Hall–Kier alpha value is -1.75. The van der Waals surface area contributed by atoms with E-state index in [1.807, 2.05) is 51.1 Å². The Morgan fingerprint density at radius 3 is 2.39 bits per heavy atom. The third-order valence-electron chi connectivity index (χ3n) is 1.93. The van der Waals surface area contributed by atoms with Gasteiger partial charge in [-0.15, -0.1) is 0 Å². The van der Waals surface area contributed by atoms with Gasteiger partial charge in [-0.3, -0.25) is 0 Å². The molecule has 0 fully saturated rings. The number of aryl methyl sites for hydroxylation is 1. The Balaban J connectivity index is 0.000000771. The van der Waals surface area contributed by atoms with Gasteiger partial charge in [-0.2, -0.15) is 0 Å². The van der Waals surface area contributed by atoms with Crippen molar-refractivity contribution in [3.05, 3.63) is 42.4 Å². The molecule has 5 heteroatoms. The fourth-order valence-corrected chi connectivity index (χ4v) is 1.77. The van der Waals surface area contributed by atoms with Crippen LogP contribution in [-0.2, 0) is 0 Å². The molecule has 0 bridgehead atoms. The van der Waals surface area contributed by atoms with Gasteiger partial charge in [-0.1, -0.05) is 13.8 Å². The van der Waals surface area contributed by atoms with E-state index in [4.69, 9.17) is 5.73 Å². The van der Waals surface area contributed by atoms with Crippen molar-refractivity contribution in [3.8, 4) is 0 Å². The highest BCUT2D eigenvalue weighted by Gasteiger charge is 1.96. The van der Waals surface area contributed by atoms with Crippen molar-refractivity contribution >= 4 is 23.5 Å². The molecule has 0 radical (unpaired) electrons. The van der Waals surface area contributed by atoms with Crippen LogP contribution in [-0.4, -0.2) is 9.97 Å². The predicted molar refractivity (Wildman–Crippen MR) is 78.5 cm³/mol. The first kappa shape index (κ1) is 14.3. The molecule has 1 heterocycles. The summed E-state index contributed by atoms with van der Waals surface area (Å²) in [6, 6.07) is 9.49. The van der Waals surface area contributed by atoms with Gasteiger partial charge in [0.2, 0.25) is 0 Å². The Bertz CT molecular complexity index is 471. The van der Waals surface area contributed by atoms with E-state index in [2.05, 4.69) is 14.7 Å². The second-order valence-electron chi connectivity index (χ2n) is 3.26. The van der Waals surface area contributed by atoms with Crippen LogP contribution in [0.1, 0.15) is 19.7 Å². The average Bonchev–Trinajstić information content (AvgIpc) is 2.41. The van der Waals surface area contributed by atoms with Crippen LogP contribution in [0.15, 0.2) is 41.4 Å². The molecule has 3 N–H and O–H groups in total. The van der Waals surface area contributed by atoms with Gasteiger partial charge in [0.25, 0.3) is 0 Å². The number of aromatic nitrogens is 2. The molecule has 4 nitrogen and oxygen atoms in total. The normalized spacial score (nSPS) is 9.28. The van der Waals surface area contributed by atoms with Gasteiger partial charge in [0.15, 0.2) is 0 Å². The lowest BCUT2D eigenvalue weighted by Crippen LogP contribution is -1.93. The van der Waals surface area contributed by atoms with Gasteiger partial charge in [0, 0.05) is 16.8 Å². The predicted octanol–water partition coefficient (Wildman–Crippen LogP) is 3.51. The number of rotatable bonds is 3. The zero-order valence-corrected chi connectivity index (χ0v) is 11.7. The topological polar surface area (TPSA) is 63.8 Å². The third kappa shape index (κ3) is 4.63. The molecule has 0 saturated carbocycles. The van der Waals surface area contributed by atoms with Crippen LogP contribution in [0, 0.1) is 6.92 Å². The van der Waals surface area contributed by atoms with Gasteiger partial charge in [0.1, 0.15) is 11.6 Å². The Kier molecular flexibility index (Phi) is 6.00. The lowest BCUT2D eigenvalue weighted by atomic mass is 10.3. The second-order valence-corrected chi connectivity index (χ2v) is 4.14. The number of benzene rings is 1. The molecule has 0 saturated heterocycles. The average molecular weight is 262 g/mol. The van der Waals surface area contributed by atoms with Crippen LogP contribution in [0.5, 0.6) is 0 Å². The zero-order chi connectivity index (χ0) is 13.4. The first-order chi connectivity index (χ1) is 8.74. The standard InChI is InChI=1S/C11H12N4S.C2H6/c1-8-13-7-6-11(14-8)15-16-10-4-2-9(12)3-5-10;1-2/h2-7H,12H2,1H3,(H,13,14,15);1-2H3. The third-order valence-corrected chi connectivity index (χ3v) is 2.75. The summed E-state index contributed by atoms with van der Waals surface area (Å²) in [6.07, 6.45) is 1.73. The Morgan fingerprint density at radius 2 is 1.78 bits per heavy atom. The Morgan fingerprint density at radius 1 is 1.11 bits per heavy atom. The fourth-order valence-electron chi connectivity index (χ4n) is 1.16. The number of hydrogen-bond donors (Lipinski definition) is 2. The molecular weight excluding hydrogens is 244 g/mol. The summed E-state index contributed by atoms with van der Waals surface area (Å²) in [5, 5.41) is 0. The maximum atomic E-state index is 5.60. The fraction of sp³-hybridized carbons (Fsp3) is 0.231. The lowest BCUT2D eigenvalue weighted by molar-refractivity contribution is 1.06. The van der Waals surface area contributed by atoms with Gasteiger partial charge < -0.3 is 10.5 Å². The van der Waals surface area contributed by atoms with Crippen LogP contribution in [0.25, 0.3) is 0 Å². The van der Waals surface area contributed by atoms with Crippen LogP contribution >= 0.6 is 11.9 Å². The minimum Gasteiger partial charge on any atom is -0.399 e. The molecule has 0 spiro atoms. The summed E-state index contributed by atoms with van der Waals surface area (Å²) in [6.45, 7) is 5.86. The van der Waals surface area contributed by atoms with Crippen LogP contribution in [0.3, 0.4) is 0 Å². The molecule has 0 aliphatic heterocycles. The molecular formula is C13H18N4S. The van der Waals surface area contributed by atoms with Crippen LogP contribution < -0.4 is 10.5 Å². The van der Waals surface area contributed by atoms with Crippen molar-refractivity contribution in [2.45, 2.75) is 25.7 Å². The van der Waals surface area contributed by atoms with E-state index in [0.29, 0.717) is 0 Å². The van der Waals surface area contributed by atoms with Gasteiger partial charge in [-0.25, -0.2) is 9.97 Å². The van der Waals surface area contributed by atoms with Crippen molar-refractivity contribution in [3.63, 3.8) is 0 Å². The summed E-state index contributed by atoms with van der Waals surface area (Å²) < 4.78 is 3.15. The number of hydrogen-bond acceptors (Lipinski definition) is 5. The molecule has 0 unspecified atom stereocenters. The maximum absolute atomic E-state index is 5.60. The second kappa shape index (κ2) is 7.55. The molecule has 2 rings (SSSR count). The number of nitrogens with two attached hydrogens (primary N) is 1. The van der Waals surface area contributed by atoms with E-state index in [-0.39, 0.29) is 0 Å². The van der Waals surface area contributed by atoms with E-state index in [9.17, 15) is 0 Å². The van der Waals surface area contributed by atoms with Crippen molar-refractivity contribution < 1.29 is 0 Å². The summed E-state index contributed by atoms with van der Waals surface area (Å²) in [7, 11) is 0. The molecule has 2 aromatic rings. The SMILES string of the molecule is CC.Cc1nccc(NSc2ccc(N)cc2)n1. The van der Waals surface area contributed by atoms with Crippen LogP contribution in [0.2, 0.25) is 0 Å². The van der Waals surface area contributed by atoms with Crippen LogP contribution in [0.4, 0.5) is 11.5 Å². The summed E-state index contributed by atoms with van der Waals surface area (Å²) >= 11 is 1.50. The van der Waals surface area contributed by atoms with E-state index >= 15 is 0 Å². The minimum atomic E-state index is 0.753. The van der Waals surface area contributed by atoms with E-state index < -0.39 is 0 Å². The number of nitrogen functional groups attached to an aromatic ring is 1. The molecule has 1 aromatic heterocycles. The molecule has 96 valence electrons. The van der Waals surface area contributed by atoms with Crippen molar-refractivity contribution in [2.24, 2.45) is 0 Å². The monoisotopic (exact) mass is 262 g/mol. The quantitative estimate of drug-likeness (QED) is 0.654. The number of nitrogens with one attached hydrogen (secondary N) is 1. The van der Waals surface area contributed by atoms with E-state index in [0.717, 1.165) is 22.2 Å². The summed E-state index contributed by atoms with van der Waals surface area (Å²) in [5.74, 6) is 1.55. The lowest BCUT2D eigenvalue weighted by Gasteiger charge is -2.04. The van der Waals surface area contributed by atoms with Gasteiger partial charge in [-0.05, 0) is 49.2 Å². The van der Waals surface area contributed by atoms with E-state index in [1.54, 1.807) is 6.20 Å². The molecule has 0 atom stereocenters. The number of nitrogens with zero attached hydrogens (tertiary/aromatic N) is 2.